The number of amides is 2. The normalized spacial score (nSPS) is 25.9. The van der Waals surface area contributed by atoms with Crippen LogP contribution in [-0.2, 0) is 0 Å². The molecule has 106 valence electrons. The maximum Gasteiger partial charge on any atom is 0.263 e. The van der Waals surface area contributed by atoms with Gasteiger partial charge < -0.3 is 5.73 Å². The zero-order valence-electron chi connectivity index (χ0n) is 11.8. The van der Waals surface area contributed by atoms with Crippen molar-refractivity contribution in [2.45, 2.75) is 45.1 Å². The van der Waals surface area contributed by atoms with Crippen molar-refractivity contribution in [1.82, 2.24) is 4.90 Å². The van der Waals surface area contributed by atoms with Crippen molar-refractivity contribution in [3.05, 3.63) is 29.3 Å². The second kappa shape index (κ2) is 4.93. The Morgan fingerprint density at radius 2 is 2.05 bits per heavy atom. The Balaban J connectivity index is 1.92. The highest BCUT2D eigenvalue weighted by Crippen LogP contribution is 2.35. The predicted molar refractivity (Wildman–Crippen MR) is 77.4 cm³/mol. The van der Waals surface area contributed by atoms with Gasteiger partial charge in [-0.3, -0.25) is 14.5 Å². The van der Waals surface area contributed by atoms with Gasteiger partial charge in [0.25, 0.3) is 11.8 Å². The molecule has 20 heavy (non-hydrogen) atoms. The van der Waals surface area contributed by atoms with Crippen molar-refractivity contribution < 1.29 is 9.59 Å². The molecule has 0 aromatic heterocycles. The second-order valence-electron chi connectivity index (χ2n) is 5.84. The van der Waals surface area contributed by atoms with Gasteiger partial charge >= 0.3 is 0 Å². The van der Waals surface area contributed by atoms with Gasteiger partial charge in [0.2, 0.25) is 0 Å². The third-order valence-corrected chi connectivity index (χ3v) is 4.68. The van der Waals surface area contributed by atoms with Crippen molar-refractivity contribution >= 4 is 17.5 Å². The summed E-state index contributed by atoms with van der Waals surface area (Å²) in [5.74, 6) is 0.249. The Kier molecular flexibility index (Phi) is 3.24. The molecule has 1 aromatic rings. The number of carbonyl (C=O) groups is 2. The molecule has 2 aliphatic rings. The number of hydrogen-bond acceptors (Lipinski definition) is 3. The van der Waals surface area contributed by atoms with Crippen LogP contribution in [0.15, 0.2) is 18.2 Å². The number of rotatable bonds is 2. The molecule has 1 aromatic carbocycles. The molecular weight excluding hydrogens is 252 g/mol. The number of nitrogens with zero attached hydrogens (tertiary/aromatic N) is 1. The van der Waals surface area contributed by atoms with Gasteiger partial charge in [0.1, 0.15) is 0 Å². The largest absolute Gasteiger partial charge is 0.398 e. The molecule has 0 radical (unpaired) electrons. The summed E-state index contributed by atoms with van der Waals surface area (Å²) < 4.78 is 0. The number of anilines is 1. The number of nitrogens with two attached hydrogens (primary N) is 1. The first-order valence-electron chi connectivity index (χ1n) is 7.39. The molecule has 0 bridgehead atoms. The van der Waals surface area contributed by atoms with E-state index in [1.165, 1.54) is 11.3 Å². The minimum atomic E-state index is -0.204. The van der Waals surface area contributed by atoms with E-state index in [9.17, 15) is 9.59 Å². The van der Waals surface area contributed by atoms with E-state index in [0.717, 1.165) is 25.7 Å². The SMILES string of the molecule is CCC1CCCC(N2C(=O)c3cccc(N)c3C2=O)C1. The Bertz CT molecular complexity index is 568. The number of fused-ring (bicyclic) bond motifs is 1. The molecule has 2 amide bonds. The van der Waals surface area contributed by atoms with Gasteiger partial charge in [0.05, 0.1) is 11.1 Å². The third-order valence-electron chi connectivity index (χ3n) is 4.68. The Morgan fingerprint density at radius 1 is 1.25 bits per heavy atom. The van der Waals surface area contributed by atoms with Crippen LogP contribution in [0, 0.1) is 5.92 Å². The van der Waals surface area contributed by atoms with Crippen molar-refractivity contribution in [2.75, 3.05) is 5.73 Å². The predicted octanol–water partition coefficient (Wildman–Crippen LogP) is 2.83. The molecule has 2 unspecified atom stereocenters. The quantitative estimate of drug-likeness (QED) is 0.665. The van der Waals surface area contributed by atoms with Gasteiger partial charge in [-0.15, -0.1) is 0 Å². The highest BCUT2D eigenvalue weighted by Gasteiger charge is 2.42. The van der Waals surface area contributed by atoms with Gasteiger partial charge in [0, 0.05) is 11.7 Å². The standard InChI is InChI=1S/C16H20N2O2/c1-2-10-5-3-6-11(9-10)18-15(19)12-7-4-8-13(17)14(12)16(18)20/h4,7-8,10-11H,2-3,5-6,9,17H2,1H3. The lowest BCUT2D eigenvalue weighted by atomic mass is 9.83. The van der Waals surface area contributed by atoms with E-state index in [4.69, 9.17) is 5.73 Å². The highest BCUT2D eigenvalue weighted by atomic mass is 16.2. The summed E-state index contributed by atoms with van der Waals surface area (Å²) in [4.78, 5) is 26.5. The van der Waals surface area contributed by atoms with Crippen LogP contribution in [0.4, 0.5) is 5.69 Å². The molecule has 0 saturated heterocycles. The lowest BCUT2D eigenvalue weighted by Gasteiger charge is -2.33. The number of benzene rings is 1. The summed E-state index contributed by atoms with van der Waals surface area (Å²) in [6.45, 7) is 2.17. The molecule has 1 aliphatic heterocycles. The molecule has 1 aliphatic carbocycles. The van der Waals surface area contributed by atoms with Crippen LogP contribution < -0.4 is 5.73 Å². The summed E-state index contributed by atoms with van der Waals surface area (Å²) >= 11 is 0. The average Bonchev–Trinajstić information content (AvgIpc) is 2.72. The van der Waals surface area contributed by atoms with Crippen LogP contribution in [0.5, 0.6) is 0 Å². The Hall–Kier alpha value is -1.84. The number of carbonyl (C=O) groups excluding carboxylic acids is 2. The first-order valence-corrected chi connectivity index (χ1v) is 7.39. The Labute approximate surface area is 118 Å². The average molecular weight is 272 g/mol. The molecule has 4 heteroatoms. The van der Waals surface area contributed by atoms with Gasteiger partial charge in [-0.25, -0.2) is 0 Å². The second-order valence-corrected chi connectivity index (χ2v) is 5.84. The van der Waals surface area contributed by atoms with E-state index in [2.05, 4.69) is 6.92 Å². The van der Waals surface area contributed by atoms with Crippen LogP contribution >= 0.6 is 0 Å². The minimum Gasteiger partial charge on any atom is -0.398 e. The fourth-order valence-electron chi connectivity index (χ4n) is 3.53. The highest BCUT2D eigenvalue weighted by molar-refractivity contribution is 6.23. The van der Waals surface area contributed by atoms with E-state index in [-0.39, 0.29) is 17.9 Å². The van der Waals surface area contributed by atoms with Crippen LogP contribution in [0.3, 0.4) is 0 Å². The topological polar surface area (TPSA) is 63.4 Å². The van der Waals surface area contributed by atoms with E-state index in [0.29, 0.717) is 22.7 Å². The van der Waals surface area contributed by atoms with Crippen LogP contribution in [0.25, 0.3) is 0 Å². The summed E-state index contributed by atoms with van der Waals surface area (Å²) in [7, 11) is 0. The molecule has 2 atom stereocenters. The zero-order valence-corrected chi connectivity index (χ0v) is 11.8. The first kappa shape index (κ1) is 13.2. The smallest absolute Gasteiger partial charge is 0.263 e. The third kappa shape index (κ3) is 1.90. The molecular formula is C16H20N2O2. The molecule has 1 saturated carbocycles. The lowest BCUT2D eigenvalue weighted by Crippen LogP contribution is -2.42. The van der Waals surface area contributed by atoms with E-state index < -0.39 is 0 Å². The molecule has 1 heterocycles. The van der Waals surface area contributed by atoms with Crippen molar-refractivity contribution in [3.8, 4) is 0 Å². The number of nitrogen functional groups attached to an aromatic ring is 1. The van der Waals surface area contributed by atoms with E-state index in [1.807, 2.05) is 0 Å². The first-order chi connectivity index (χ1) is 9.63. The monoisotopic (exact) mass is 272 g/mol. The van der Waals surface area contributed by atoms with Crippen molar-refractivity contribution in [2.24, 2.45) is 5.92 Å². The summed E-state index contributed by atoms with van der Waals surface area (Å²) in [6.07, 6.45) is 5.26. The van der Waals surface area contributed by atoms with Crippen LogP contribution in [0.2, 0.25) is 0 Å². The molecule has 2 N–H and O–H groups in total. The number of imide groups is 1. The van der Waals surface area contributed by atoms with Gasteiger partial charge in [-0.1, -0.05) is 32.3 Å². The molecule has 1 fully saturated rings. The maximum absolute atomic E-state index is 12.5. The fourth-order valence-corrected chi connectivity index (χ4v) is 3.53. The van der Waals surface area contributed by atoms with Gasteiger partial charge in [-0.2, -0.15) is 0 Å². The summed E-state index contributed by atoms with van der Waals surface area (Å²) in [5.41, 5.74) is 7.14. The van der Waals surface area contributed by atoms with Crippen LogP contribution in [0.1, 0.15) is 59.7 Å². The van der Waals surface area contributed by atoms with E-state index >= 15 is 0 Å². The lowest BCUT2D eigenvalue weighted by molar-refractivity contribution is 0.0520. The van der Waals surface area contributed by atoms with Gasteiger partial charge in [-0.05, 0) is 30.9 Å². The van der Waals surface area contributed by atoms with Gasteiger partial charge in [0.15, 0.2) is 0 Å². The molecule has 3 rings (SSSR count). The van der Waals surface area contributed by atoms with Crippen LogP contribution in [-0.4, -0.2) is 22.8 Å². The Morgan fingerprint density at radius 3 is 2.75 bits per heavy atom. The van der Waals surface area contributed by atoms with Crippen molar-refractivity contribution in [3.63, 3.8) is 0 Å². The van der Waals surface area contributed by atoms with E-state index in [1.54, 1.807) is 18.2 Å². The summed E-state index contributed by atoms with van der Waals surface area (Å²) in [5, 5.41) is 0. The fraction of sp³-hybridized carbons (Fsp3) is 0.500. The zero-order chi connectivity index (χ0) is 14.3. The molecule has 4 nitrogen and oxygen atoms in total. The molecule has 0 spiro atoms. The minimum absolute atomic E-state index is 0.0421. The van der Waals surface area contributed by atoms with Crippen molar-refractivity contribution in [1.29, 1.82) is 0 Å². The number of hydrogen-bond donors (Lipinski definition) is 1. The maximum atomic E-state index is 12.5. The summed E-state index contributed by atoms with van der Waals surface area (Å²) in [6, 6.07) is 5.16.